The average Bonchev–Trinajstić information content (AvgIpc) is 3.08. The third-order valence-electron chi connectivity index (χ3n) is 4.08. The lowest BCUT2D eigenvalue weighted by atomic mass is 10.3. The fourth-order valence-electron chi connectivity index (χ4n) is 2.74. The van der Waals surface area contributed by atoms with Crippen LogP contribution in [0.15, 0.2) is 35.3 Å². The molecule has 1 aliphatic rings. The molecule has 0 aromatic heterocycles. The first-order valence-corrected chi connectivity index (χ1v) is 10.5. The Balaban J connectivity index is 0.00000338. The van der Waals surface area contributed by atoms with E-state index >= 15 is 0 Å². The maximum absolute atomic E-state index is 11.4. The first kappa shape index (κ1) is 23.0. The molecule has 1 aromatic rings. The van der Waals surface area contributed by atoms with Crippen LogP contribution in [0.25, 0.3) is 0 Å². The van der Waals surface area contributed by atoms with Gasteiger partial charge in [0.2, 0.25) is 10.0 Å². The van der Waals surface area contributed by atoms with Crippen molar-refractivity contribution in [3.8, 4) is 0 Å². The molecule has 1 heterocycles. The molecule has 0 spiro atoms. The van der Waals surface area contributed by atoms with Crippen LogP contribution in [-0.4, -0.2) is 58.9 Å². The number of guanidine groups is 1. The van der Waals surface area contributed by atoms with Crippen LogP contribution in [0.2, 0.25) is 0 Å². The molecule has 1 atom stereocenters. The normalized spacial score (nSPS) is 17.7. The molecule has 9 heteroatoms. The second-order valence-electron chi connectivity index (χ2n) is 5.97. The fraction of sp³-hybridized carbons (Fsp3) is 0.588. The van der Waals surface area contributed by atoms with Crippen LogP contribution in [0.5, 0.6) is 0 Å². The van der Waals surface area contributed by atoms with Gasteiger partial charge in [-0.2, -0.15) is 0 Å². The number of benzene rings is 1. The third kappa shape index (κ3) is 7.67. The summed E-state index contributed by atoms with van der Waals surface area (Å²) in [5.74, 6) is 0.824. The van der Waals surface area contributed by atoms with Crippen molar-refractivity contribution < 1.29 is 8.42 Å². The van der Waals surface area contributed by atoms with Gasteiger partial charge in [0.15, 0.2) is 5.96 Å². The SMILES string of the molecule is CCNC(=NCCNS(=O)(=O)CC)NC1CCN(c2ccccc2)C1.I. The number of rotatable bonds is 8. The van der Waals surface area contributed by atoms with E-state index in [0.717, 1.165) is 32.0 Å². The number of aliphatic imine (C=N–C) groups is 1. The Hall–Kier alpha value is -1.07. The average molecular weight is 495 g/mol. The van der Waals surface area contributed by atoms with Crippen LogP contribution < -0.4 is 20.3 Å². The molecule has 0 bridgehead atoms. The smallest absolute Gasteiger partial charge is 0.211 e. The van der Waals surface area contributed by atoms with E-state index in [2.05, 4.69) is 49.5 Å². The van der Waals surface area contributed by atoms with Gasteiger partial charge in [0.1, 0.15) is 0 Å². The van der Waals surface area contributed by atoms with Crippen LogP contribution in [0.1, 0.15) is 20.3 Å². The number of halogens is 1. The Bertz CT molecular complexity index is 654. The molecule has 0 radical (unpaired) electrons. The van der Waals surface area contributed by atoms with Gasteiger partial charge in [-0.25, -0.2) is 13.1 Å². The number of hydrogen-bond acceptors (Lipinski definition) is 4. The molecule has 1 aromatic carbocycles. The van der Waals surface area contributed by atoms with Gasteiger partial charge in [-0.15, -0.1) is 24.0 Å². The van der Waals surface area contributed by atoms with E-state index < -0.39 is 10.0 Å². The molecule has 0 saturated carbocycles. The van der Waals surface area contributed by atoms with Gasteiger partial charge in [0.25, 0.3) is 0 Å². The summed E-state index contributed by atoms with van der Waals surface area (Å²) in [4.78, 5) is 6.82. The van der Waals surface area contributed by atoms with Gasteiger partial charge in [0.05, 0.1) is 12.3 Å². The molecule has 148 valence electrons. The summed E-state index contributed by atoms with van der Waals surface area (Å²) in [6.07, 6.45) is 1.04. The minimum absolute atomic E-state index is 0. The summed E-state index contributed by atoms with van der Waals surface area (Å²) in [7, 11) is -3.16. The molecule has 26 heavy (non-hydrogen) atoms. The summed E-state index contributed by atoms with van der Waals surface area (Å²) < 4.78 is 25.4. The number of para-hydroxylation sites is 1. The maximum Gasteiger partial charge on any atom is 0.211 e. The van der Waals surface area contributed by atoms with E-state index in [4.69, 9.17) is 0 Å². The van der Waals surface area contributed by atoms with E-state index in [0.29, 0.717) is 19.1 Å². The first-order valence-electron chi connectivity index (χ1n) is 8.86. The van der Waals surface area contributed by atoms with Gasteiger partial charge in [-0.1, -0.05) is 18.2 Å². The topological polar surface area (TPSA) is 85.8 Å². The minimum atomic E-state index is -3.16. The van der Waals surface area contributed by atoms with Crippen molar-refractivity contribution in [3.63, 3.8) is 0 Å². The number of nitrogens with zero attached hydrogens (tertiary/aromatic N) is 2. The highest BCUT2D eigenvalue weighted by Crippen LogP contribution is 2.19. The molecule has 1 fully saturated rings. The van der Waals surface area contributed by atoms with Gasteiger partial charge < -0.3 is 15.5 Å². The van der Waals surface area contributed by atoms with Crippen LogP contribution in [0.4, 0.5) is 5.69 Å². The summed E-state index contributed by atoms with van der Waals surface area (Å²) in [6.45, 7) is 7.06. The van der Waals surface area contributed by atoms with Crippen LogP contribution in [0, 0.1) is 0 Å². The molecular weight excluding hydrogens is 465 g/mol. The predicted molar refractivity (Wildman–Crippen MR) is 119 cm³/mol. The number of hydrogen-bond donors (Lipinski definition) is 3. The van der Waals surface area contributed by atoms with Gasteiger partial charge in [-0.3, -0.25) is 4.99 Å². The zero-order valence-corrected chi connectivity index (χ0v) is 18.6. The first-order chi connectivity index (χ1) is 12.0. The molecule has 2 rings (SSSR count). The van der Waals surface area contributed by atoms with Crippen molar-refractivity contribution in [2.24, 2.45) is 4.99 Å². The Labute approximate surface area is 174 Å². The molecule has 0 amide bonds. The van der Waals surface area contributed by atoms with E-state index in [-0.39, 0.29) is 29.7 Å². The Morgan fingerprint density at radius 3 is 2.65 bits per heavy atom. The summed E-state index contributed by atoms with van der Waals surface area (Å²) in [6, 6.07) is 10.7. The summed E-state index contributed by atoms with van der Waals surface area (Å²) >= 11 is 0. The molecular formula is C17H30IN5O2S. The maximum atomic E-state index is 11.4. The lowest BCUT2D eigenvalue weighted by Gasteiger charge is -2.20. The second kappa shape index (κ2) is 11.6. The van der Waals surface area contributed by atoms with E-state index in [1.165, 1.54) is 5.69 Å². The third-order valence-corrected chi connectivity index (χ3v) is 5.48. The highest BCUT2D eigenvalue weighted by molar-refractivity contribution is 14.0. The predicted octanol–water partition coefficient (Wildman–Crippen LogP) is 1.38. The summed E-state index contributed by atoms with van der Waals surface area (Å²) in [5, 5.41) is 6.67. The fourth-order valence-corrected chi connectivity index (χ4v) is 3.34. The number of anilines is 1. The van der Waals surface area contributed by atoms with Gasteiger partial charge in [-0.05, 0) is 32.4 Å². The largest absolute Gasteiger partial charge is 0.369 e. The zero-order chi connectivity index (χ0) is 18.1. The molecule has 1 saturated heterocycles. The number of nitrogens with one attached hydrogen (secondary N) is 3. The van der Waals surface area contributed by atoms with Crippen molar-refractivity contribution >= 4 is 45.6 Å². The van der Waals surface area contributed by atoms with Crippen LogP contribution in [0.3, 0.4) is 0 Å². The Kier molecular flexibility index (Phi) is 10.3. The Morgan fingerprint density at radius 1 is 1.27 bits per heavy atom. The molecule has 3 N–H and O–H groups in total. The zero-order valence-electron chi connectivity index (χ0n) is 15.4. The van der Waals surface area contributed by atoms with Crippen LogP contribution >= 0.6 is 24.0 Å². The monoisotopic (exact) mass is 495 g/mol. The lowest BCUT2D eigenvalue weighted by Crippen LogP contribution is -2.45. The molecule has 1 unspecified atom stereocenters. The van der Waals surface area contributed by atoms with Crippen LogP contribution in [-0.2, 0) is 10.0 Å². The Morgan fingerprint density at radius 2 is 2.00 bits per heavy atom. The minimum Gasteiger partial charge on any atom is -0.369 e. The number of sulfonamides is 1. The van der Waals surface area contributed by atoms with Crippen molar-refractivity contribution in [1.82, 2.24) is 15.4 Å². The van der Waals surface area contributed by atoms with Crippen molar-refractivity contribution in [3.05, 3.63) is 30.3 Å². The standard InChI is InChI=1S/C17H29N5O2S.HI/c1-3-18-17(19-11-12-20-25(23,24)4-2)21-15-10-13-22(14-15)16-8-6-5-7-9-16;/h5-9,15,20H,3-4,10-14H2,1-2H3,(H2,18,19,21);1H. The van der Waals surface area contributed by atoms with Gasteiger partial charge in [0, 0.05) is 37.9 Å². The molecule has 7 nitrogen and oxygen atoms in total. The van der Waals surface area contributed by atoms with Crippen molar-refractivity contribution in [1.29, 1.82) is 0 Å². The molecule has 0 aliphatic carbocycles. The summed E-state index contributed by atoms with van der Waals surface area (Å²) in [5.41, 5.74) is 1.24. The van der Waals surface area contributed by atoms with Crippen molar-refractivity contribution in [2.75, 3.05) is 43.4 Å². The quantitative estimate of drug-likeness (QED) is 0.220. The second-order valence-corrected chi connectivity index (χ2v) is 8.07. The highest BCUT2D eigenvalue weighted by Gasteiger charge is 2.23. The van der Waals surface area contributed by atoms with Gasteiger partial charge >= 0.3 is 0 Å². The highest BCUT2D eigenvalue weighted by atomic mass is 127. The van der Waals surface area contributed by atoms with E-state index in [1.807, 2.05) is 13.0 Å². The van der Waals surface area contributed by atoms with E-state index in [9.17, 15) is 8.42 Å². The molecule has 1 aliphatic heterocycles. The lowest BCUT2D eigenvalue weighted by molar-refractivity contribution is 0.583. The van der Waals surface area contributed by atoms with Crippen molar-refractivity contribution in [2.45, 2.75) is 26.3 Å². The van der Waals surface area contributed by atoms with E-state index in [1.54, 1.807) is 6.92 Å².